The summed E-state index contributed by atoms with van der Waals surface area (Å²) in [6.07, 6.45) is 0. The normalized spacial score (nSPS) is 13.5. The van der Waals surface area contributed by atoms with E-state index in [0.29, 0.717) is 0 Å². The van der Waals surface area contributed by atoms with Gasteiger partial charge in [-0.15, -0.1) is 12.4 Å². The van der Waals surface area contributed by atoms with Crippen LogP contribution in [-0.4, -0.2) is 0 Å². The fourth-order valence-corrected chi connectivity index (χ4v) is 2.06. The van der Waals surface area contributed by atoms with Crippen molar-refractivity contribution in [1.82, 2.24) is 0 Å². The summed E-state index contributed by atoms with van der Waals surface area (Å²) in [5.74, 6) is 0. The molecule has 2 unspecified atom stereocenters. The quantitative estimate of drug-likeness (QED) is 0.812. The third-order valence-electron chi connectivity index (χ3n) is 2.67. The SMILES string of the molecule is Cl.NC(c1ccccc1)C(S)c1ccccc1. The lowest BCUT2D eigenvalue weighted by Crippen LogP contribution is -2.16. The molecule has 2 aromatic rings. The van der Waals surface area contributed by atoms with Crippen LogP contribution < -0.4 is 5.73 Å². The second-order valence-electron chi connectivity index (χ2n) is 3.79. The summed E-state index contributed by atoms with van der Waals surface area (Å²) >= 11 is 4.60. The number of benzene rings is 2. The maximum absolute atomic E-state index is 6.19. The van der Waals surface area contributed by atoms with Gasteiger partial charge in [0, 0.05) is 11.3 Å². The third kappa shape index (κ3) is 3.50. The van der Waals surface area contributed by atoms with Crippen molar-refractivity contribution in [2.75, 3.05) is 0 Å². The smallest absolute Gasteiger partial charge is 0.0459 e. The Morgan fingerprint density at radius 2 is 1.18 bits per heavy atom. The lowest BCUT2D eigenvalue weighted by Gasteiger charge is -2.19. The maximum Gasteiger partial charge on any atom is 0.0459 e. The highest BCUT2D eigenvalue weighted by Gasteiger charge is 2.16. The molecule has 0 saturated carbocycles. The number of halogens is 1. The molecule has 0 aliphatic rings. The number of nitrogens with two attached hydrogens (primary N) is 1. The molecule has 0 amide bonds. The van der Waals surface area contributed by atoms with Crippen LogP contribution in [0.3, 0.4) is 0 Å². The van der Waals surface area contributed by atoms with Gasteiger partial charge in [0.2, 0.25) is 0 Å². The van der Waals surface area contributed by atoms with Gasteiger partial charge in [-0.05, 0) is 11.1 Å². The minimum Gasteiger partial charge on any atom is -0.323 e. The molecule has 1 nitrogen and oxygen atoms in total. The zero-order valence-corrected chi connectivity index (χ0v) is 11.1. The first-order chi connectivity index (χ1) is 7.79. The van der Waals surface area contributed by atoms with Crippen molar-refractivity contribution < 1.29 is 0 Å². The zero-order chi connectivity index (χ0) is 11.4. The molecule has 0 heterocycles. The van der Waals surface area contributed by atoms with Gasteiger partial charge in [0.05, 0.1) is 0 Å². The van der Waals surface area contributed by atoms with Gasteiger partial charge in [0.25, 0.3) is 0 Å². The van der Waals surface area contributed by atoms with E-state index >= 15 is 0 Å². The van der Waals surface area contributed by atoms with Crippen molar-refractivity contribution in [2.45, 2.75) is 11.3 Å². The van der Waals surface area contributed by atoms with E-state index in [2.05, 4.69) is 24.8 Å². The molecule has 0 aliphatic carbocycles. The van der Waals surface area contributed by atoms with Gasteiger partial charge >= 0.3 is 0 Å². The van der Waals surface area contributed by atoms with Crippen LogP contribution in [0.5, 0.6) is 0 Å². The zero-order valence-electron chi connectivity index (χ0n) is 9.36. The molecule has 3 heteroatoms. The monoisotopic (exact) mass is 265 g/mol. The lowest BCUT2D eigenvalue weighted by molar-refractivity contribution is 0.709. The third-order valence-corrected chi connectivity index (χ3v) is 3.29. The van der Waals surface area contributed by atoms with E-state index < -0.39 is 0 Å². The Morgan fingerprint density at radius 3 is 1.65 bits per heavy atom. The Morgan fingerprint density at radius 1 is 0.765 bits per heavy atom. The van der Waals surface area contributed by atoms with Crippen molar-refractivity contribution >= 4 is 25.0 Å². The van der Waals surface area contributed by atoms with Crippen molar-refractivity contribution in [1.29, 1.82) is 0 Å². The molecular weight excluding hydrogens is 250 g/mol. The van der Waals surface area contributed by atoms with Gasteiger partial charge in [0.1, 0.15) is 0 Å². The number of rotatable bonds is 3. The van der Waals surface area contributed by atoms with Gasteiger partial charge in [-0.1, -0.05) is 60.7 Å². The second kappa shape index (κ2) is 6.70. The van der Waals surface area contributed by atoms with Gasteiger partial charge in [0.15, 0.2) is 0 Å². The van der Waals surface area contributed by atoms with Crippen LogP contribution >= 0.6 is 25.0 Å². The molecular formula is C14H16ClNS. The highest BCUT2D eigenvalue weighted by molar-refractivity contribution is 7.80. The summed E-state index contributed by atoms with van der Waals surface area (Å²) in [6, 6.07) is 20.1. The van der Waals surface area contributed by atoms with E-state index in [1.54, 1.807) is 0 Å². The average Bonchev–Trinajstić information content (AvgIpc) is 2.39. The number of hydrogen-bond acceptors (Lipinski definition) is 2. The van der Waals surface area contributed by atoms with Gasteiger partial charge in [-0.25, -0.2) is 0 Å². The Balaban J connectivity index is 0.00000144. The molecule has 2 atom stereocenters. The molecule has 0 radical (unpaired) electrons. The summed E-state index contributed by atoms with van der Waals surface area (Å²) in [6.45, 7) is 0. The maximum atomic E-state index is 6.19. The Bertz CT molecular complexity index is 389. The standard InChI is InChI=1S/C14H15NS.ClH/c15-13(11-7-3-1-4-8-11)14(16)12-9-5-2-6-10-12;/h1-10,13-14,16H,15H2;1H. The molecule has 0 aliphatic heterocycles. The summed E-state index contributed by atoms with van der Waals surface area (Å²) < 4.78 is 0. The molecule has 2 N–H and O–H groups in total. The van der Waals surface area contributed by atoms with Crippen LogP contribution in [0, 0.1) is 0 Å². The topological polar surface area (TPSA) is 26.0 Å². The Kier molecular flexibility index (Phi) is 5.56. The predicted molar refractivity (Wildman–Crippen MR) is 78.8 cm³/mol. The van der Waals surface area contributed by atoms with Crippen LogP contribution in [0.4, 0.5) is 0 Å². The van der Waals surface area contributed by atoms with Crippen LogP contribution in [-0.2, 0) is 0 Å². The fraction of sp³-hybridized carbons (Fsp3) is 0.143. The minimum atomic E-state index is -0.0769. The van der Waals surface area contributed by atoms with E-state index in [0.717, 1.165) is 11.1 Å². The average molecular weight is 266 g/mol. The highest BCUT2D eigenvalue weighted by atomic mass is 35.5. The molecule has 0 saturated heterocycles. The van der Waals surface area contributed by atoms with Crippen LogP contribution in [0.15, 0.2) is 60.7 Å². The molecule has 90 valence electrons. The first-order valence-corrected chi connectivity index (χ1v) is 5.84. The van der Waals surface area contributed by atoms with Crippen molar-refractivity contribution in [3.63, 3.8) is 0 Å². The molecule has 0 aromatic heterocycles. The Hall–Kier alpha value is -0.960. The molecule has 17 heavy (non-hydrogen) atoms. The second-order valence-corrected chi connectivity index (χ2v) is 4.35. The Labute approximate surface area is 114 Å². The molecule has 2 rings (SSSR count). The molecule has 0 fully saturated rings. The van der Waals surface area contributed by atoms with E-state index in [9.17, 15) is 0 Å². The largest absolute Gasteiger partial charge is 0.323 e. The van der Waals surface area contributed by atoms with Crippen LogP contribution in [0.25, 0.3) is 0 Å². The summed E-state index contributed by atoms with van der Waals surface area (Å²) in [5.41, 5.74) is 8.47. The first-order valence-electron chi connectivity index (χ1n) is 5.32. The van der Waals surface area contributed by atoms with Crippen LogP contribution in [0.1, 0.15) is 22.4 Å². The lowest BCUT2D eigenvalue weighted by atomic mass is 9.99. The van der Waals surface area contributed by atoms with E-state index in [4.69, 9.17) is 5.73 Å². The summed E-state index contributed by atoms with van der Waals surface area (Å²) in [5, 5.41) is 0.0311. The van der Waals surface area contributed by atoms with Gasteiger partial charge in [-0.2, -0.15) is 12.6 Å². The minimum absolute atomic E-state index is 0. The van der Waals surface area contributed by atoms with Crippen molar-refractivity contribution in [2.24, 2.45) is 5.73 Å². The molecule has 2 aromatic carbocycles. The van der Waals surface area contributed by atoms with E-state index in [1.807, 2.05) is 48.5 Å². The van der Waals surface area contributed by atoms with Crippen LogP contribution in [0.2, 0.25) is 0 Å². The number of thiol groups is 1. The summed E-state index contributed by atoms with van der Waals surface area (Å²) in [4.78, 5) is 0. The van der Waals surface area contributed by atoms with Gasteiger partial charge < -0.3 is 5.73 Å². The van der Waals surface area contributed by atoms with Crippen molar-refractivity contribution in [3.05, 3.63) is 71.8 Å². The van der Waals surface area contributed by atoms with E-state index in [-0.39, 0.29) is 23.7 Å². The molecule has 0 spiro atoms. The first kappa shape index (κ1) is 14.1. The number of hydrogen-bond donors (Lipinski definition) is 2. The fourth-order valence-electron chi connectivity index (χ4n) is 1.72. The predicted octanol–water partition coefficient (Wildman–Crippen LogP) is 3.78. The van der Waals surface area contributed by atoms with Gasteiger partial charge in [-0.3, -0.25) is 0 Å². The van der Waals surface area contributed by atoms with E-state index in [1.165, 1.54) is 0 Å². The highest BCUT2D eigenvalue weighted by Crippen LogP contribution is 2.31. The van der Waals surface area contributed by atoms with Crippen molar-refractivity contribution in [3.8, 4) is 0 Å². The molecule has 0 bridgehead atoms. The summed E-state index contributed by atoms with van der Waals surface area (Å²) in [7, 11) is 0.